The molecule has 0 aliphatic rings. The molecule has 0 aliphatic carbocycles. The fourth-order valence-electron chi connectivity index (χ4n) is 2.73. The molecule has 0 spiro atoms. The zero-order chi connectivity index (χ0) is 23.2. The Morgan fingerprint density at radius 3 is 1.81 bits per heavy atom. The number of thiocarbonyl (C=S) groups is 1. The highest BCUT2D eigenvalue weighted by atomic mass is 32.1. The first-order valence-corrected chi connectivity index (χ1v) is 9.83. The van der Waals surface area contributed by atoms with Crippen molar-refractivity contribution in [1.29, 1.82) is 0 Å². The molecule has 9 heteroatoms. The topological polar surface area (TPSA) is 97.9 Å². The molecule has 0 atom stereocenters. The lowest BCUT2D eigenvalue weighted by Crippen LogP contribution is -2.48. The molecule has 0 aromatic heterocycles. The molecule has 0 saturated heterocycles. The summed E-state index contributed by atoms with van der Waals surface area (Å²) in [4.78, 5) is 24.8. The summed E-state index contributed by atoms with van der Waals surface area (Å²) in [6.07, 6.45) is 0. The summed E-state index contributed by atoms with van der Waals surface area (Å²) in [6, 6.07) is 10.3. The fourth-order valence-corrected chi connectivity index (χ4v) is 2.87. The third-order valence-electron chi connectivity index (χ3n) is 4.46. The van der Waals surface area contributed by atoms with Crippen LogP contribution >= 0.6 is 12.2 Å². The van der Waals surface area contributed by atoms with Gasteiger partial charge in [-0.05, 0) is 47.5 Å². The second-order valence-electron chi connectivity index (χ2n) is 7.60. The van der Waals surface area contributed by atoms with E-state index in [0.717, 1.165) is 5.56 Å². The standard InChI is InChI=1S/C22H27N3O5S/c1-22(2,3)15-9-7-13(8-10-15)19(26)23-21(31)25-24-20(27)14-11-16(28-4)18(30-6)17(12-14)29-5/h7-12H,1-6H3,(H,24,27)(H2,23,25,26,31). The van der Waals surface area contributed by atoms with Gasteiger partial charge >= 0.3 is 0 Å². The Morgan fingerprint density at radius 2 is 1.35 bits per heavy atom. The summed E-state index contributed by atoms with van der Waals surface area (Å²) >= 11 is 5.09. The molecule has 0 unspecified atom stereocenters. The Balaban J connectivity index is 1.99. The molecule has 8 nitrogen and oxygen atoms in total. The number of carbonyl (C=O) groups excluding carboxylic acids is 2. The summed E-state index contributed by atoms with van der Waals surface area (Å²) in [6.45, 7) is 6.29. The molecular formula is C22H27N3O5S. The van der Waals surface area contributed by atoms with E-state index in [4.69, 9.17) is 26.4 Å². The fraction of sp³-hybridized carbons (Fsp3) is 0.318. The van der Waals surface area contributed by atoms with E-state index in [-0.39, 0.29) is 22.0 Å². The number of hydrogen-bond acceptors (Lipinski definition) is 6. The van der Waals surface area contributed by atoms with Gasteiger partial charge in [0.1, 0.15) is 0 Å². The Morgan fingerprint density at radius 1 is 0.806 bits per heavy atom. The van der Waals surface area contributed by atoms with Gasteiger partial charge in [0.2, 0.25) is 5.75 Å². The Hall–Kier alpha value is -3.33. The number of methoxy groups -OCH3 is 3. The predicted molar refractivity (Wildman–Crippen MR) is 122 cm³/mol. The average molecular weight is 446 g/mol. The summed E-state index contributed by atoms with van der Waals surface area (Å²) in [5.74, 6) is 0.142. The van der Waals surface area contributed by atoms with Crippen LogP contribution in [-0.2, 0) is 5.41 Å². The van der Waals surface area contributed by atoms with Crippen molar-refractivity contribution in [2.24, 2.45) is 0 Å². The molecule has 2 rings (SSSR count). The van der Waals surface area contributed by atoms with Crippen LogP contribution in [0.4, 0.5) is 0 Å². The summed E-state index contributed by atoms with van der Waals surface area (Å²) in [5.41, 5.74) is 6.73. The van der Waals surface area contributed by atoms with E-state index in [9.17, 15) is 9.59 Å². The van der Waals surface area contributed by atoms with Gasteiger partial charge in [0, 0.05) is 11.1 Å². The number of carbonyl (C=O) groups is 2. The third kappa shape index (κ3) is 6.08. The van der Waals surface area contributed by atoms with Crippen molar-refractivity contribution < 1.29 is 23.8 Å². The maximum absolute atomic E-state index is 12.5. The molecule has 2 amide bonds. The number of rotatable bonds is 5. The van der Waals surface area contributed by atoms with Crippen LogP contribution < -0.4 is 30.4 Å². The minimum absolute atomic E-state index is 0.0109. The Bertz CT molecular complexity index is 943. The van der Waals surface area contributed by atoms with Crippen molar-refractivity contribution in [2.45, 2.75) is 26.2 Å². The quantitative estimate of drug-likeness (QED) is 0.481. The van der Waals surface area contributed by atoms with Crippen LogP contribution in [0.1, 0.15) is 47.1 Å². The van der Waals surface area contributed by atoms with E-state index < -0.39 is 5.91 Å². The van der Waals surface area contributed by atoms with Crippen LogP contribution in [0.3, 0.4) is 0 Å². The molecule has 31 heavy (non-hydrogen) atoms. The molecule has 2 aromatic rings. The normalized spacial score (nSPS) is 10.6. The largest absolute Gasteiger partial charge is 0.493 e. The lowest BCUT2D eigenvalue weighted by Gasteiger charge is -2.19. The van der Waals surface area contributed by atoms with Crippen LogP contribution in [0.5, 0.6) is 17.2 Å². The zero-order valence-electron chi connectivity index (χ0n) is 18.4. The average Bonchev–Trinajstić information content (AvgIpc) is 2.75. The number of amides is 2. The Kier molecular flexibility index (Phi) is 7.82. The van der Waals surface area contributed by atoms with Crippen LogP contribution in [0.2, 0.25) is 0 Å². The second-order valence-corrected chi connectivity index (χ2v) is 8.01. The number of hydrogen-bond donors (Lipinski definition) is 3. The van der Waals surface area contributed by atoms with Gasteiger partial charge in [0.15, 0.2) is 16.6 Å². The van der Waals surface area contributed by atoms with Gasteiger partial charge < -0.3 is 14.2 Å². The number of ether oxygens (including phenoxy) is 3. The van der Waals surface area contributed by atoms with E-state index in [2.05, 4.69) is 36.9 Å². The molecule has 2 aromatic carbocycles. The van der Waals surface area contributed by atoms with Gasteiger partial charge in [0.05, 0.1) is 21.3 Å². The van der Waals surface area contributed by atoms with Crippen LogP contribution in [0.25, 0.3) is 0 Å². The summed E-state index contributed by atoms with van der Waals surface area (Å²) in [7, 11) is 4.38. The molecule has 0 radical (unpaired) electrons. The second kappa shape index (κ2) is 10.1. The molecular weight excluding hydrogens is 418 g/mol. The highest BCUT2D eigenvalue weighted by Gasteiger charge is 2.18. The van der Waals surface area contributed by atoms with E-state index in [1.165, 1.54) is 33.5 Å². The highest BCUT2D eigenvalue weighted by molar-refractivity contribution is 7.80. The molecule has 0 aliphatic heterocycles. The SMILES string of the molecule is COc1cc(C(=O)NNC(=S)NC(=O)c2ccc(C(C)(C)C)cc2)cc(OC)c1OC. The molecule has 166 valence electrons. The van der Waals surface area contributed by atoms with Crippen molar-refractivity contribution in [3.05, 3.63) is 53.1 Å². The Labute approximate surface area is 187 Å². The van der Waals surface area contributed by atoms with Crippen LogP contribution in [0, 0.1) is 0 Å². The van der Waals surface area contributed by atoms with Gasteiger partial charge in [-0.25, -0.2) is 0 Å². The summed E-state index contributed by atoms with van der Waals surface area (Å²) in [5, 5.41) is 2.47. The number of nitrogens with one attached hydrogen (secondary N) is 3. The van der Waals surface area contributed by atoms with E-state index in [1.54, 1.807) is 12.1 Å². The first kappa shape index (κ1) is 23.9. The lowest BCUT2D eigenvalue weighted by atomic mass is 9.87. The highest BCUT2D eigenvalue weighted by Crippen LogP contribution is 2.38. The minimum atomic E-state index is -0.509. The zero-order valence-corrected chi connectivity index (χ0v) is 19.2. The third-order valence-corrected chi connectivity index (χ3v) is 4.66. The van der Waals surface area contributed by atoms with Crippen LogP contribution in [-0.4, -0.2) is 38.3 Å². The monoisotopic (exact) mass is 445 g/mol. The predicted octanol–water partition coefficient (Wildman–Crippen LogP) is 2.96. The van der Waals surface area contributed by atoms with Gasteiger partial charge in [-0.3, -0.25) is 25.8 Å². The maximum atomic E-state index is 12.5. The lowest BCUT2D eigenvalue weighted by molar-refractivity contribution is 0.0934. The van der Waals surface area contributed by atoms with E-state index in [1.807, 2.05) is 12.1 Å². The minimum Gasteiger partial charge on any atom is -0.493 e. The van der Waals surface area contributed by atoms with E-state index >= 15 is 0 Å². The first-order chi connectivity index (χ1) is 14.6. The summed E-state index contributed by atoms with van der Waals surface area (Å²) < 4.78 is 15.7. The van der Waals surface area contributed by atoms with Gasteiger partial charge in [0.25, 0.3) is 11.8 Å². The smallest absolute Gasteiger partial charge is 0.269 e. The van der Waals surface area contributed by atoms with Crippen molar-refractivity contribution >= 4 is 29.1 Å². The maximum Gasteiger partial charge on any atom is 0.269 e. The van der Waals surface area contributed by atoms with Crippen molar-refractivity contribution in [3.63, 3.8) is 0 Å². The van der Waals surface area contributed by atoms with Crippen LogP contribution in [0.15, 0.2) is 36.4 Å². The van der Waals surface area contributed by atoms with Gasteiger partial charge in [-0.1, -0.05) is 32.9 Å². The molecule has 0 saturated carbocycles. The van der Waals surface area contributed by atoms with Gasteiger partial charge in [-0.2, -0.15) is 0 Å². The molecule has 0 fully saturated rings. The number of hydrazine groups is 1. The van der Waals surface area contributed by atoms with Crippen molar-refractivity contribution in [1.82, 2.24) is 16.2 Å². The first-order valence-electron chi connectivity index (χ1n) is 9.43. The number of benzene rings is 2. The van der Waals surface area contributed by atoms with Crippen molar-refractivity contribution in [2.75, 3.05) is 21.3 Å². The van der Waals surface area contributed by atoms with E-state index in [0.29, 0.717) is 22.8 Å². The molecule has 0 bridgehead atoms. The molecule has 3 N–H and O–H groups in total. The molecule has 0 heterocycles. The van der Waals surface area contributed by atoms with Crippen molar-refractivity contribution in [3.8, 4) is 17.2 Å². The van der Waals surface area contributed by atoms with Gasteiger partial charge in [-0.15, -0.1) is 0 Å².